The second-order valence-corrected chi connectivity index (χ2v) is 9.54. The largest absolute Gasteiger partial charge is 0.343 e. The Balaban J connectivity index is 1.60. The van der Waals surface area contributed by atoms with E-state index < -0.39 is 0 Å². The monoisotopic (exact) mass is 359 g/mol. The van der Waals surface area contributed by atoms with Crippen molar-refractivity contribution in [1.82, 2.24) is 4.57 Å². The van der Waals surface area contributed by atoms with Gasteiger partial charge in [0.15, 0.2) is 0 Å². The van der Waals surface area contributed by atoms with E-state index in [4.69, 9.17) is 0 Å². The normalized spacial score (nSPS) is 29.4. The Kier molecular flexibility index (Phi) is 4.30. The zero-order valence-corrected chi connectivity index (χ0v) is 17.2. The number of hydrogen-bond donors (Lipinski definition) is 0. The van der Waals surface area contributed by atoms with E-state index in [1.165, 1.54) is 49.6 Å². The highest BCUT2D eigenvalue weighted by Gasteiger charge is 2.41. The molecule has 1 heteroatoms. The fraction of sp³-hybridized carbons (Fsp3) is 0.538. The van der Waals surface area contributed by atoms with Crippen LogP contribution in [0.2, 0.25) is 0 Å². The van der Waals surface area contributed by atoms with Crippen LogP contribution in [0.5, 0.6) is 0 Å². The summed E-state index contributed by atoms with van der Waals surface area (Å²) in [7, 11) is 0. The molecule has 0 aliphatic heterocycles. The molecule has 1 aromatic carbocycles. The maximum atomic E-state index is 2.73. The molecule has 27 heavy (non-hydrogen) atoms. The molecule has 0 amide bonds. The van der Waals surface area contributed by atoms with Crippen LogP contribution in [0.3, 0.4) is 0 Å². The third kappa shape index (κ3) is 2.91. The standard InChI is InChI=1S/C26H33N/c1-17-9-12-24-23(14-17)25-21-10-11-22(19(3)15-21)26(25)27(24)16-18(2)13-20-7-5-4-6-8-20/h5,7,9,12-14,18-19,21-22H,4,6,8,10-11,15-16H2,1-3H3/b20-13+. The molecule has 1 heterocycles. The molecule has 1 saturated carbocycles. The van der Waals surface area contributed by atoms with E-state index in [1.54, 1.807) is 22.2 Å². The van der Waals surface area contributed by atoms with Gasteiger partial charge in [-0.15, -0.1) is 0 Å². The van der Waals surface area contributed by atoms with Crippen molar-refractivity contribution >= 4 is 10.9 Å². The average Bonchev–Trinajstić information content (AvgIpc) is 2.98. The maximum Gasteiger partial charge on any atom is 0.0485 e. The first-order valence-corrected chi connectivity index (χ1v) is 11.1. The third-order valence-electron chi connectivity index (χ3n) is 7.37. The fourth-order valence-electron chi connectivity index (χ4n) is 6.19. The van der Waals surface area contributed by atoms with Crippen LogP contribution in [-0.4, -0.2) is 4.57 Å². The van der Waals surface area contributed by atoms with E-state index in [2.05, 4.69) is 61.8 Å². The fourth-order valence-corrected chi connectivity index (χ4v) is 6.19. The number of fused-ring (bicyclic) bond motifs is 3. The van der Waals surface area contributed by atoms with Gasteiger partial charge >= 0.3 is 0 Å². The molecular weight excluding hydrogens is 326 g/mol. The van der Waals surface area contributed by atoms with Gasteiger partial charge < -0.3 is 4.57 Å². The number of nitrogens with zero attached hydrogens (tertiary/aromatic N) is 1. The summed E-state index contributed by atoms with van der Waals surface area (Å²) in [5.74, 6) is 2.99. The number of aromatic nitrogens is 1. The lowest BCUT2D eigenvalue weighted by Gasteiger charge is -2.42. The van der Waals surface area contributed by atoms with Crippen LogP contribution in [0.1, 0.15) is 81.0 Å². The molecule has 1 aromatic heterocycles. The average molecular weight is 360 g/mol. The van der Waals surface area contributed by atoms with Crippen molar-refractivity contribution in [3.8, 4) is 0 Å². The molecule has 4 atom stereocenters. The van der Waals surface area contributed by atoms with Crippen LogP contribution in [0.25, 0.3) is 10.9 Å². The molecule has 0 N–H and O–H groups in total. The van der Waals surface area contributed by atoms with Crippen LogP contribution in [0, 0.1) is 18.8 Å². The first-order chi connectivity index (χ1) is 13.1. The van der Waals surface area contributed by atoms with Gasteiger partial charge in [-0.1, -0.05) is 49.3 Å². The molecule has 1 nitrogen and oxygen atoms in total. The minimum Gasteiger partial charge on any atom is -0.343 e. The van der Waals surface area contributed by atoms with Crippen molar-refractivity contribution in [3.05, 3.63) is 58.8 Å². The van der Waals surface area contributed by atoms with E-state index in [0.717, 1.165) is 24.3 Å². The van der Waals surface area contributed by atoms with Crippen LogP contribution >= 0.6 is 0 Å². The third-order valence-corrected chi connectivity index (χ3v) is 7.37. The van der Waals surface area contributed by atoms with Gasteiger partial charge in [-0.2, -0.15) is 0 Å². The summed E-state index contributed by atoms with van der Waals surface area (Å²) in [6.45, 7) is 8.27. The van der Waals surface area contributed by atoms with Gasteiger partial charge in [-0.25, -0.2) is 0 Å². The lowest BCUT2D eigenvalue weighted by molar-refractivity contribution is 0.256. The molecule has 2 aromatic rings. The van der Waals surface area contributed by atoms with Crippen LogP contribution in [0.4, 0.5) is 0 Å². The number of allylic oxidation sites excluding steroid dienone is 4. The Morgan fingerprint density at radius 2 is 2.15 bits per heavy atom. The Morgan fingerprint density at radius 3 is 2.93 bits per heavy atom. The Hall–Kier alpha value is -1.76. The second kappa shape index (κ2) is 6.69. The Bertz CT molecular complexity index is 925. The number of rotatable bonds is 3. The predicted octanol–water partition coefficient (Wildman–Crippen LogP) is 7.25. The predicted molar refractivity (Wildman–Crippen MR) is 115 cm³/mol. The SMILES string of the molecule is Cc1ccc2c(c1)c1c(n2CC(C)/C=C2\C=CCCC2)C2CCC1CC2C. The van der Waals surface area contributed by atoms with E-state index in [-0.39, 0.29) is 0 Å². The zero-order chi connectivity index (χ0) is 18.5. The highest BCUT2D eigenvalue weighted by Crippen LogP contribution is 2.55. The summed E-state index contributed by atoms with van der Waals surface area (Å²) in [6.07, 6.45) is 15.3. The molecule has 0 saturated heterocycles. The van der Waals surface area contributed by atoms with Gasteiger partial charge in [0.1, 0.15) is 0 Å². The molecule has 4 aliphatic carbocycles. The van der Waals surface area contributed by atoms with Gasteiger partial charge in [0, 0.05) is 29.1 Å². The van der Waals surface area contributed by atoms with Crippen molar-refractivity contribution in [1.29, 1.82) is 0 Å². The van der Waals surface area contributed by atoms with E-state index in [0.29, 0.717) is 5.92 Å². The molecule has 2 bridgehead atoms. The zero-order valence-electron chi connectivity index (χ0n) is 17.2. The quantitative estimate of drug-likeness (QED) is 0.544. The van der Waals surface area contributed by atoms with Crippen LogP contribution in [-0.2, 0) is 6.54 Å². The van der Waals surface area contributed by atoms with Crippen molar-refractivity contribution < 1.29 is 0 Å². The lowest BCUT2D eigenvalue weighted by Crippen LogP contribution is -2.30. The highest BCUT2D eigenvalue weighted by atomic mass is 15.0. The van der Waals surface area contributed by atoms with Crippen LogP contribution < -0.4 is 0 Å². The molecule has 0 spiro atoms. The second-order valence-electron chi connectivity index (χ2n) is 9.54. The first-order valence-electron chi connectivity index (χ1n) is 11.1. The molecule has 142 valence electrons. The van der Waals surface area contributed by atoms with Crippen molar-refractivity contribution in [2.75, 3.05) is 0 Å². The number of aryl methyl sites for hydroxylation is 1. The molecule has 0 radical (unpaired) electrons. The lowest BCUT2D eigenvalue weighted by atomic mass is 9.64. The Morgan fingerprint density at radius 1 is 1.26 bits per heavy atom. The minimum absolute atomic E-state index is 0.583. The first kappa shape index (κ1) is 17.3. The summed E-state index contributed by atoms with van der Waals surface area (Å²) in [5, 5.41) is 1.56. The summed E-state index contributed by atoms with van der Waals surface area (Å²) in [5.41, 5.74) is 7.86. The van der Waals surface area contributed by atoms with Crippen LogP contribution in [0.15, 0.2) is 42.0 Å². The van der Waals surface area contributed by atoms with Crippen molar-refractivity contribution in [3.63, 3.8) is 0 Å². The number of benzene rings is 1. The van der Waals surface area contributed by atoms with Crippen molar-refractivity contribution in [2.45, 2.75) is 77.7 Å². The topological polar surface area (TPSA) is 4.93 Å². The molecular formula is C26H33N. The van der Waals surface area contributed by atoms with Gasteiger partial charge in [-0.3, -0.25) is 0 Å². The minimum atomic E-state index is 0.583. The van der Waals surface area contributed by atoms with Gasteiger partial charge in [-0.05, 0) is 80.9 Å². The summed E-state index contributed by atoms with van der Waals surface area (Å²) < 4.78 is 2.73. The summed E-state index contributed by atoms with van der Waals surface area (Å²) in [4.78, 5) is 0. The van der Waals surface area contributed by atoms with E-state index in [9.17, 15) is 0 Å². The molecule has 4 unspecified atom stereocenters. The van der Waals surface area contributed by atoms with E-state index >= 15 is 0 Å². The maximum absolute atomic E-state index is 2.73. The molecule has 6 rings (SSSR count). The highest BCUT2D eigenvalue weighted by molar-refractivity contribution is 5.87. The number of hydrogen-bond acceptors (Lipinski definition) is 0. The molecule has 1 fully saturated rings. The van der Waals surface area contributed by atoms with E-state index in [1.807, 2.05) is 0 Å². The summed E-state index contributed by atoms with van der Waals surface area (Å²) >= 11 is 0. The smallest absolute Gasteiger partial charge is 0.0485 e. The molecule has 4 aliphatic rings. The van der Waals surface area contributed by atoms with Gasteiger partial charge in [0.25, 0.3) is 0 Å². The van der Waals surface area contributed by atoms with Crippen molar-refractivity contribution in [2.24, 2.45) is 11.8 Å². The van der Waals surface area contributed by atoms with Gasteiger partial charge in [0.05, 0.1) is 0 Å². The Labute approximate surface area is 164 Å². The summed E-state index contributed by atoms with van der Waals surface area (Å²) in [6, 6.07) is 7.17. The van der Waals surface area contributed by atoms with Gasteiger partial charge in [0.2, 0.25) is 0 Å².